The van der Waals surface area contributed by atoms with E-state index in [0.29, 0.717) is 17.6 Å². The molecule has 13 aromatic rings. The first-order valence-corrected chi connectivity index (χ1v) is 23.0. The molecule has 0 N–H and O–H groups in total. The highest BCUT2D eigenvalue weighted by atomic mass is 15.2. The number of rotatable bonds is 6. The van der Waals surface area contributed by atoms with Crippen LogP contribution in [0.5, 0.6) is 0 Å². The van der Waals surface area contributed by atoms with Crippen LogP contribution in [0, 0.1) is 0 Å². The molecule has 10 aromatic carbocycles. The van der Waals surface area contributed by atoms with E-state index in [-0.39, 0.29) is 0 Å². The van der Waals surface area contributed by atoms with E-state index in [9.17, 15) is 0 Å². The highest BCUT2D eigenvalue weighted by Crippen LogP contribution is 2.39. The lowest BCUT2D eigenvalue weighted by Gasteiger charge is -2.15. The minimum atomic E-state index is 0.572. The van der Waals surface area contributed by atoms with Gasteiger partial charge in [0.1, 0.15) is 0 Å². The van der Waals surface area contributed by atoms with Gasteiger partial charge in [-0.15, -0.1) is 0 Å². The second kappa shape index (κ2) is 16.4. The molecule has 68 heavy (non-hydrogen) atoms. The third kappa shape index (κ3) is 6.68. The van der Waals surface area contributed by atoms with Crippen molar-refractivity contribution in [3.63, 3.8) is 0 Å². The number of fused-ring (bicyclic) bond motifs is 10. The molecule has 0 aliphatic carbocycles. The highest BCUT2D eigenvalue weighted by Gasteiger charge is 2.19. The summed E-state index contributed by atoms with van der Waals surface area (Å²) < 4.78 is 4.63. The van der Waals surface area contributed by atoms with Crippen molar-refractivity contribution in [2.45, 2.75) is 0 Å². The summed E-state index contributed by atoms with van der Waals surface area (Å²) in [7, 11) is 0. The summed E-state index contributed by atoms with van der Waals surface area (Å²) >= 11 is 0. The smallest absolute Gasteiger partial charge is 0.238 e. The van der Waals surface area contributed by atoms with Crippen molar-refractivity contribution in [3.05, 3.63) is 249 Å². The van der Waals surface area contributed by atoms with Gasteiger partial charge in [-0.1, -0.05) is 200 Å². The van der Waals surface area contributed by atoms with Crippen LogP contribution < -0.4 is 0 Å². The molecule has 5 heteroatoms. The molecule has 0 unspecified atom stereocenters. The fourth-order valence-electron chi connectivity index (χ4n) is 10.0. The average molecular weight is 868 g/mol. The molecule has 0 fully saturated rings. The van der Waals surface area contributed by atoms with Crippen molar-refractivity contribution >= 4 is 65.2 Å². The molecule has 0 aliphatic rings. The Bertz CT molecular complexity index is 4060. The zero-order valence-corrected chi connectivity index (χ0v) is 36.9. The maximum atomic E-state index is 5.17. The molecule has 3 heterocycles. The molecule has 0 radical (unpaired) electrons. The molecule has 13 rings (SSSR count). The lowest BCUT2D eigenvalue weighted by atomic mass is 9.98. The molecule has 0 amide bonds. The maximum absolute atomic E-state index is 5.17. The Morgan fingerprint density at radius 2 is 0.559 bits per heavy atom. The van der Waals surface area contributed by atoms with Crippen molar-refractivity contribution in [2.24, 2.45) is 0 Å². The van der Waals surface area contributed by atoms with Crippen molar-refractivity contribution in [3.8, 4) is 56.7 Å². The van der Waals surface area contributed by atoms with E-state index in [4.69, 9.17) is 15.0 Å². The van der Waals surface area contributed by atoms with Gasteiger partial charge in [-0.25, -0.2) is 4.98 Å². The Hall–Kier alpha value is -9.19. The van der Waals surface area contributed by atoms with E-state index in [2.05, 4.69) is 197 Å². The number of para-hydroxylation sites is 2. The topological polar surface area (TPSA) is 48.5 Å². The number of aromatic nitrogens is 5. The van der Waals surface area contributed by atoms with E-state index in [0.717, 1.165) is 66.2 Å². The van der Waals surface area contributed by atoms with Gasteiger partial charge in [-0.05, 0) is 92.3 Å². The largest absolute Gasteiger partial charge is 0.309 e. The van der Waals surface area contributed by atoms with Gasteiger partial charge >= 0.3 is 0 Å². The molecule has 318 valence electrons. The average Bonchev–Trinajstić information content (AvgIpc) is 3.77. The zero-order valence-electron chi connectivity index (χ0n) is 36.9. The number of hydrogen-bond acceptors (Lipinski definition) is 3. The Morgan fingerprint density at radius 1 is 0.221 bits per heavy atom. The van der Waals surface area contributed by atoms with E-state index in [1.807, 2.05) is 60.7 Å². The predicted molar refractivity (Wildman–Crippen MR) is 283 cm³/mol. The van der Waals surface area contributed by atoms with E-state index < -0.39 is 0 Å². The SMILES string of the molecule is c1ccc(-c2ccc(-n3c4ccccc4c4ccccc4c4ccccc4c4cc(-c5ccc6c(c5)c5ccccc5n6-c5nc(-c6ccccc6)nc(-c6ccccc6)n5)ccc43)cc2)cc1. The standard InChI is InChI=1S/C63H41N5/c1-4-18-42(19-5-1)43-32-36-48(37-33-43)67-57-30-16-14-28-53(57)51-26-12-10-24-49(51)50-25-11-13-27-52(50)55-40-46(34-38-59(55)67)47-35-39-60-56(41-47)54-29-15-17-31-58(54)68(60)63-65-61(44-20-6-2-7-21-44)64-62(66-63)45-22-8-3-9-23-45/h1-41H. The molecule has 0 spiro atoms. The van der Waals surface area contributed by atoms with Crippen LogP contribution in [0.3, 0.4) is 0 Å². The summed E-state index contributed by atoms with van der Waals surface area (Å²) in [5, 5.41) is 9.32. The normalized spacial score (nSPS) is 11.5. The molecule has 0 atom stereocenters. The van der Waals surface area contributed by atoms with Crippen LogP contribution in [0.1, 0.15) is 0 Å². The molecular weight excluding hydrogens is 827 g/mol. The van der Waals surface area contributed by atoms with Gasteiger partial charge in [-0.3, -0.25) is 4.57 Å². The number of benzene rings is 10. The van der Waals surface area contributed by atoms with E-state index in [1.165, 1.54) is 38.1 Å². The Labute approximate surface area is 392 Å². The fourth-order valence-corrected chi connectivity index (χ4v) is 10.0. The minimum absolute atomic E-state index is 0.572. The predicted octanol–water partition coefficient (Wildman–Crippen LogP) is 16.2. The zero-order chi connectivity index (χ0) is 45.0. The van der Waals surface area contributed by atoms with Crippen LogP contribution in [0.2, 0.25) is 0 Å². The van der Waals surface area contributed by atoms with E-state index >= 15 is 0 Å². The molecular formula is C63H41N5. The molecule has 0 saturated carbocycles. The lowest BCUT2D eigenvalue weighted by Crippen LogP contribution is -2.06. The molecule has 0 bridgehead atoms. The number of nitrogens with zero attached hydrogens (tertiary/aromatic N) is 5. The summed E-state index contributed by atoms with van der Waals surface area (Å²) in [5.41, 5.74) is 11.8. The van der Waals surface area contributed by atoms with Crippen molar-refractivity contribution in [1.82, 2.24) is 24.1 Å². The summed E-state index contributed by atoms with van der Waals surface area (Å²) in [6, 6.07) is 88.7. The van der Waals surface area contributed by atoms with Gasteiger partial charge in [-0.2, -0.15) is 9.97 Å². The maximum Gasteiger partial charge on any atom is 0.238 e. The summed E-state index contributed by atoms with van der Waals surface area (Å²) in [6.45, 7) is 0. The summed E-state index contributed by atoms with van der Waals surface area (Å²) in [4.78, 5) is 15.3. The third-order valence-corrected chi connectivity index (χ3v) is 13.2. The Morgan fingerprint density at radius 3 is 1.09 bits per heavy atom. The van der Waals surface area contributed by atoms with Crippen LogP contribution in [-0.4, -0.2) is 24.1 Å². The third-order valence-electron chi connectivity index (χ3n) is 13.2. The first kappa shape index (κ1) is 39.2. The molecule has 5 nitrogen and oxygen atoms in total. The quantitative estimate of drug-likeness (QED) is 0.167. The Kier molecular flexibility index (Phi) is 9.43. The van der Waals surface area contributed by atoms with Gasteiger partial charge in [0.05, 0.1) is 22.1 Å². The second-order valence-corrected chi connectivity index (χ2v) is 17.2. The van der Waals surface area contributed by atoms with Crippen LogP contribution >= 0.6 is 0 Å². The summed E-state index contributed by atoms with van der Waals surface area (Å²) in [5.74, 6) is 1.82. The second-order valence-electron chi connectivity index (χ2n) is 17.2. The van der Waals surface area contributed by atoms with Gasteiger partial charge < -0.3 is 4.57 Å². The number of hydrogen-bond donors (Lipinski definition) is 0. The van der Waals surface area contributed by atoms with Gasteiger partial charge in [0, 0.05) is 38.4 Å². The molecule has 0 aliphatic heterocycles. The Balaban J connectivity index is 1.06. The van der Waals surface area contributed by atoms with Gasteiger partial charge in [0.15, 0.2) is 11.6 Å². The van der Waals surface area contributed by atoms with Crippen molar-refractivity contribution < 1.29 is 0 Å². The van der Waals surface area contributed by atoms with Crippen molar-refractivity contribution in [1.29, 1.82) is 0 Å². The van der Waals surface area contributed by atoms with Crippen LogP contribution in [-0.2, 0) is 0 Å². The van der Waals surface area contributed by atoms with Gasteiger partial charge in [0.25, 0.3) is 0 Å². The van der Waals surface area contributed by atoms with Crippen LogP contribution in [0.4, 0.5) is 0 Å². The minimum Gasteiger partial charge on any atom is -0.309 e. The molecule has 3 aromatic heterocycles. The van der Waals surface area contributed by atoms with Crippen LogP contribution in [0.25, 0.3) is 122 Å². The summed E-state index contributed by atoms with van der Waals surface area (Å²) in [6.07, 6.45) is 0. The monoisotopic (exact) mass is 867 g/mol. The van der Waals surface area contributed by atoms with Gasteiger partial charge in [0.2, 0.25) is 5.95 Å². The first-order chi connectivity index (χ1) is 33.7. The molecule has 0 saturated heterocycles. The van der Waals surface area contributed by atoms with Crippen molar-refractivity contribution in [2.75, 3.05) is 0 Å². The fraction of sp³-hybridized carbons (Fsp3) is 0. The lowest BCUT2D eigenvalue weighted by molar-refractivity contribution is 0.953. The first-order valence-electron chi connectivity index (χ1n) is 23.0. The van der Waals surface area contributed by atoms with Crippen LogP contribution in [0.15, 0.2) is 249 Å². The highest BCUT2D eigenvalue weighted by molar-refractivity contribution is 6.20. The van der Waals surface area contributed by atoms with E-state index in [1.54, 1.807) is 0 Å².